The Morgan fingerprint density at radius 1 is 1.08 bits per heavy atom. The molecule has 5 heteroatoms. The number of hydrogen-bond acceptors (Lipinski definition) is 3. The highest BCUT2D eigenvalue weighted by Gasteiger charge is 2.03. The van der Waals surface area contributed by atoms with E-state index in [4.69, 9.17) is 16.3 Å². The molecule has 0 bridgehead atoms. The van der Waals surface area contributed by atoms with Gasteiger partial charge in [0.05, 0.1) is 6.54 Å². The van der Waals surface area contributed by atoms with Crippen molar-refractivity contribution in [1.29, 1.82) is 0 Å². The van der Waals surface area contributed by atoms with Crippen LogP contribution < -0.4 is 5.32 Å². The predicted octanol–water partition coefficient (Wildman–Crippen LogP) is 3.95. The van der Waals surface area contributed by atoms with Crippen molar-refractivity contribution in [2.75, 3.05) is 13.2 Å². The van der Waals surface area contributed by atoms with Gasteiger partial charge in [-0.3, -0.25) is 4.79 Å². The van der Waals surface area contributed by atoms with Gasteiger partial charge in [-0.15, -0.1) is 0 Å². The Labute approximate surface area is 158 Å². The Kier molecular flexibility index (Phi) is 7.90. The zero-order chi connectivity index (χ0) is 18.8. The minimum Gasteiger partial charge on any atom is -0.461 e. The van der Waals surface area contributed by atoms with Crippen molar-refractivity contribution >= 4 is 29.6 Å². The van der Waals surface area contributed by atoms with E-state index in [2.05, 4.69) is 5.32 Å². The zero-order valence-corrected chi connectivity index (χ0v) is 15.5. The molecule has 0 atom stereocenters. The number of aryl methyl sites for hydroxylation is 2. The third-order valence-corrected chi connectivity index (χ3v) is 3.96. The number of carbonyl (C=O) groups is 2. The molecule has 0 unspecified atom stereocenters. The number of halogens is 1. The molecule has 2 aromatic rings. The lowest BCUT2D eigenvalue weighted by atomic mass is 10.1. The summed E-state index contributed by atoms with van der Waals surface area (Å²) in [6, 6.07) is 15.2. The molecular formula is C21H22ClNO3. The number of esters is 1. The standard InChI is InChI=1S/C21H22ClNO3/c1-16-2-4-17(5-3-16)8-12-20(24)23-14-15-26-21(25)13-9-18-6-10-19(22)11-7-18/h2-7,9-11,13H,8,12,14-15H2,1H3,(H,23,24). The SMILES string of the molecule is Cc1ccc(CCC(=O)NCCOC(=O)C=Cc2ccc(Cl)cc2)cc1. The number of amides is 1. The lowest BCUT2D eigenvalue weighted by Gasteiger charge is -2.06. The van der Waals surface area contributed by atoms with Gasteiger partial charge in [0.15, 0.2) is 0 Å². The van der Waals surface area contributed by atoms with Crippen LogP contribution in [0.25, 0.3) is 6.08 Å². The first kappa shape index (κ1) is 19.7. The van der Waals surface area contributed by atoms with Gasteiger partial charge < -0.3 is 10.1 Å². The number of rotatable bonds is 8. The van der Waals surface area contributed by atoms with Crippen molar-refractivity contribution in [2.45, 2.75) is 19.8 Å². The maximum Gasteiger partial charge on any atom is 0.330 e. The van der Waals surface area contributed by atoms with E-state index in [1.165, 1.54) is 11.6 Å². The number of carbonyl (C=O) groups excluding carboxylic acids is 2. The third kappa shape index (κ3) is 7.53. The monoisotopic (exact) mass is 371 g/mol. The van der Waals surface area contributed by atoms with Gasteiger partial charge in [-0.05, 0) is 42.7 Å². The molecule has 0 aliphatic carbocycles. The van der Waals surface area contributed by atoms with Crippen LogP contribution >= 0.6 is 11.6 Å². The fraction of sp³-hybridized carbons (Fsp3) is 0.238. The molecule has 0 saturated carbocycles. The van der Waals surface area contributed by atoms with Crippen molar-refractivity contribution < 1.29 is 14.3 Å². The van der Waals surface area contributed by atoms with Gasteiger partial charge in [0.25, 0.3) is 0 Å². The maximum absolute atomic E-state index is 11.8. The smallest absolute Gasteiger partial charge is 0.330 e. The van der Waals surface area contributed by atoms with Gasteiger partial charge in [0.2, 0.25) is 5.91 Å². The summed E-state index contributed by atoms with van der Waals surface area (Å²) in [7, 11) is 0. The van der Waals surface area contributed by atoms with Gasteiger partial charge in [0.1, 0.15) is 6.61 Å². The van der Waals surface area contributed by atoms with Crippen molar-refractivity contribution in [1.82, 2.24) is 5.32 Å². The molecule has 2 rings (SSSR count). The number of nitrogens with one attached hydrogen (secondary N) is 1. The molecule has 4 nitrogen and oxygen atoms in total. The molecule has 0 heterocycles. The Morgan fingerprint density at radius 3 is 2.46 bits per heavy atom. The minimum atomic E-state index is -0.450. The molecule has 0 radical (unpaired) electrons. The second-order valence-corrected chi connectivity index (χ2v) is 6.32. The molecule has 0 fully saturated rings. The van der Waals surface area contributed by atoms with Crippen LogP contribution in [0.1, 0.15) is 23.1 Å². The summed E-state index contributed by atoms with van der Waals surface area (Å²) >= 11 is 5.80. The molecule has 0 saturated heterocycles. The van der Waals surface area contributed by atoms with E-state index in [-0.39, 0.29) is 12.5 Å². The van der Waals surface area contributed by atoms with Crippen LogP contribution in [-0.4, -0.2) is 25.0 Å². The van der Waals surface area contributed by atoms with Gasteiger partial charge in [0, 0.05) is 17.5 Å². The van der Waals surface area contributed by atoms with Crippen molar-refractivity contribution in [3.05, 3.63) is 76.3 Å². The molecule has 1 amide bonds. The van der Waals surface area contributed by atoms with Gasteiger partial charge >= 0.3 is 5.97 Å². The molecule has 2 aromatic carbocycles. The summed E-state index contributed by atoms with van der Waals surface area (Å²) in [4.78, 5) is 23.4. The quantitative estimate of drug-likeness (QED) is 0.434. The average Bonchev–Trinajstić information content (AvgIpc) is 2.64. The molecular weight excluding hydrogens is 350 g/mol. The summed E-state index contributed by atoms with van der Waals surface area (Å²) in [5.41, 5.74) is 3.19. The third-order valence-electron chi connectivity index (χ3n) is 3.71. The van der Waals surface area contributed by atoms with E-state index >= 15 is 0 Å². The summed E-state index contributed by atoms with van der Waals surface area (Å²) in [6.45, 7) is 2.47. The normalized spacial score (nSPS) is 10.7. The first-order chi connectivity index (χ1) is 12.5. The van der Waals surface area contributed by atoms with E-state index in [0.717, 1.165) is 11.1 Å². The minimum absolute atomic E-state index is 0.0571. The van der Waals surface area contributed by atoms with Crippen LogP contribution in [0.5, 0.6) is 0 Å². The molecule has 136 valence electrons. The zero-order valence-electron chi connectivity index (χ0n) is 14.7. The summed E-state index contributed by atoms with van der Waals surface area (Å²) < 4.78 is 5.05. The van der Waals surface area contributed by atoms with E-state index in [1.54, 1.807) is 30.3 Å². The van der Waals surface area contributed by atoms with Crippen LogP contribution in [0.15, 0.2) is 54.6 Å². The highest BCUT2D eigenvalue weighted by atomic mass is 35.5. The predicted molar refractivity (Wildman–Crippen MR) is 104 cm³/mol. The van der Waals surface area contributed by atoms with Crippen LogP contribution in [0.3, 0.4) is 0 Å². The summed E-state index contributed by atoms with van der Waals surface area (Å²) in [5, 5.41) is 3.39. The van der Waals surface area contributed by atoms with Crippen LogP contribution in [0.2, 0.25) is 5.02 Å². The van der Waals surface area contributed by atoms with E-state index in [0.29, 0.717) is 24.4 Å². The van der Waals surface area contributed by atoms with Crippen LogP contribution in [0.4, 0.5) is 0 Å². The van der Waals surface area contributed by atoms with E-state index in [9.17, 15) is 9.59 Å². The van der Waals surface area contributed by atoms with E-state index < -0.39 is 5.97 Å². The second-order valence-electron chi connectivity index (χ2n) is 5.89. The number of ether oxygens (including phenoxy) is 1. The Bertz CT molecular complexity index is 752. The highest BCUT2D eigenvalue weighted by molar-refractivity contribution is 6.30. The van der Waals surface area contributed by atoms with Crippen molar-refractivity contribution in [3.63, 3.8) is 0 Å². The summed E-state index contributed by atoms with van der Waals surface area (Å²) in [5.74, 6) is -0.507. The number of hydrogen-bond donors (Lipinski definition) is 1. The maximum atomic E-state index is 11.8. The topological polar surface area (TPSA) is 55.4 Å². The Balaban J connectivity index is 1.60. The largest absolute Gasteiger partial charge is 0.461 e. The molecule has 0 aliphatic rings. The van der Waals surface area contributed by atoms with E-state index in [1.807, 2.05) is 31.2 Å². The van der Waals surface area contributed by atoms with Crippen molar-refractivity contribution in [3.8, 4) is 0 Å². The van der Waals surface area contributed by atoms with Crippen LogP contribution in [-0.2, 0) is 20.7 Å². The first-order valence-electron chi connectivity index (χ1n) is 8.45. The Hall–Kier alpha value is -2.59. The molecule has 1 N–H and O–H groups in total. The lowest BCUT2D eigenvalue weighted by molar-refractivity contribution is -0.138. The highest BCUT2D eigenvalue weighted by Crippen LogP contribution is 2.10. The molecule has 0 spiro atoms. The van der Waals surface area contributed by atoms with Gasteiger partial charge in [-0.1, -0.05) is 53.6 Å². The Morgan fingerprint density at radius 2 is 1.77 bits per heavy atom. The fourth-order valence-electron chi connectivity index (χ4n) is 2.23. The van der Waals surface area contributed by atoms with Gasteiger partial charge in [-0.25, -0.2) is 4.79 Å². The van der Waals surface area contributed by atoms with Crippen molar-refractivity contribution in [2.24, 2.45) is 0 Å². The molecule has 0 aliphatic heterocycles. The first-order valence-corrected chi connectivity index (χ1v) is 8.83. The number of benzene rings is 2. The van der Waals surface area contributed by atoms with Gasteiger partial charge in [-0.2, -0.15) is 0 Å². The second kappa shape index (κ2) is 10.4. The van der Waals surface area contributed by atoms with Crippen LogP contribution in [0, 0.1) is 6.92 Å². The average molecular weight is 372 g/mol. The molecule has 26 heavy (non-hydrogen) atoms. The summed E-state index contributed by atoms with van der Waals surface area (Å²) in [6.07, 6.45) is 4.10. The lowest BCUT2D eigenvalue weighted by Crippen LogP contribution is -2.28. The molecule has 0 aromatic heterocycles. The fourth-order valence-corrected chi connectivity index (χ4v) is 2.36.